The van der Waals surface area contributed by atoms with Gasteiger partial charge in [0.05, 0.1) is 12.7 Å². The number of amides is 1. The molecule has 118 valence electrons. The molecule has 0 spiro atoms. The molecule has 1 aliphatic heterocycles. The van der Waals surface area contributed by atoms with Crippen LogP contribution < -0.4 is 5.32 Å². The summed E-state index contributed by atoms with van der Waals surface area (Å²) < 4.78 is 10.9. The van der Waals surface area contributed by atoms with E-state index in [4.69, 9.17) is 9.47 Å². The maximum absolute atomic E-state index is 12.4. The number of methoxy groups -OCH3 is 1. The van der Waals surface area contributed by atoms with Crippen LogP contribution in [0.5, 0.6) is 0 Å². The van der Waals surface area contributed by atoms with Crippen molar-refractivity contribution in [3.05, 3.63) is 0 Å². The smallest absolute Gasteiger partial charge is 0.248 e. The highest BCUT2D eigenvalue weighted by Gasteiger charge is 2.22. The second-order valence-electron chi connectivity index (χ2n) is 5.31. The van der Waals surface area contributed by atoms with Gasteiger partial charge in [0.15, 0.2) is 0 Å². The van der Waals surface area contributed by atoms with Gasteiger partial charge in [0, 0.05) is 19.7 Å². The lowest BCUT2D eigenvalue weighted by atomic mass is 10.1. The molecule has 0 aromatic heterocycles. The molecule has 0 radical (unpaired) electrons. The molecule has 0 aromatic rings. The van der Waals surface area contributed by atoms with Crippen molar-refractivity contribution in [2.45, 2.75) is 51.7 Å². The van der Waals surface area contributed by atoms with Crippen molar-refractivity contribution in [3.8, 4) is 0 Å². The molecule has 0 saturated carbocycles. The molecule has 0 bridgehead atoms. The Morgan fingerprint density at radius 2 is 1.95 bits per heavy atom. The average Bonchev–Trinajstić information content (AvgIpc) is 2.50. The minimum Gasteiger partial charge on any atom is -0.383 e. The maximum Gasteiger partial charge on any atom is 0.248 e. The van der Waals surface area contributed by atoms with E-state index in [1.807, 2.05) is 4.90 Å². The van der Waals surface area contributed by atoms with Crippen LogP contribution in [-0.2, 0) is 14.3 Å². The molecular formula is C15H30N2O3. The molecule has 1 aliphatic rings. The predicted octanol–water partition coefficient (Wildman–Crippen LogP) is 1.42. The topological polar surface area (TPSA) is 50.8 Å². The molecule has 1 N–H and O–H groups in total. The van der Waals surface area contributed by atoms with Crippen molar-refractivity contribution in [2.24, 2.45) is 0 Å². The summed E-state index contributed by atoms with van der Waals surface area (Å²) in [6.07, 6.45) is 4.16. The highest BCUT2D eigenvalue weighted by Crippen LogP contribution is 2.11. The third kappa shape index (κ3) is 5.77. The van der Waals surface area contributed by atoms with Crippen LogP contribution >= 0.6 is 0 Å². The zero-order valence-electron chi connectivity index (χ0n) is 13.2. The minimum atomic E-state index is 0.0919. The SMILES string of the molecule is CCC(CC)N(CCOC)C(=O)COC1CCNCC1. The van der Waals surface area contributed by atoms with Gasteiger partial charge in [-0.05, 0) is 38.8 Å². The summed E-state index contributed by atoms with van der Waals surface area (Å²) in [5.41, 5.74) is 0. The quantitative estimate of drug-likeness (QED) is 0.696. The number of nitrogens with zero attached hydrogens (tertiary/aromatic N) is 1. The van der Waals surface area contributed by atoms with E-state index in [0.717, 1.165) is 38.8 Å². The number of piperidine rings is 1. The Morgan fingerprint density at radius 1 is 1.30 bits per heavy atom. The molecule has 1 heterocycles. The molecule has 5 heteroatoms. The van der Waals surface area contributed by atoms with Crippen LogP contribution in [0, 0.1) is 0 Å². The zero-order valence-corrected chi connectivity index (χ0v) is 13.2. The fourth-order valence-electron chi connectivity index (χ4n) is 2.66. The van der Waals surface area contributed by atoms with E-state index in [2.05, 4.69) is 19.2 Å². The largest absolute Gasteiger partial charge is 0.383 e. The Kier molecular flexibility index (Phi) is 8.82. The standard InChI is InChI=1S/C15H30N2O3/c1-4-13(5-2)17(10-11-19-3)15(18)12-20-14-6-8-16-9-7-14/h13-14,16H,4-12H2,1-3H3. The monoisotopic (exact) mass is 286 g/mol. The van der Waals surface area contributed by atoms with Gasteiger partial charge < -0.3 is 19.7 Å². The van der Waals surface area contributed by atoms with Gasteiger partial charge in [0.1, 0.15) is 6.61 Å². The Labute approximate surface area is 123 Å². The van der Waals surface area contributed by atoms with Crippen LogP contribution in [0.25, 0.3) is 0 Å². The van der Waals surface area contributed by atoms with Crippen LogP contribution in [0.4, 0.5) is 0 Å². The Balaban J connectivity index is 2.44. The Bertz CT molecular complexity index is 264. The van der Waals surface area contributed by atoms with Crippen molar-refractivity contribution in [3.63, 3.8) is 0 Å². The third-order valence-corrected chi connectivity index (χ3v) is 3.97. The molecule has 0 atom stereocenters. The van der Waals surface area contributed by atoms with E-state index >= 15 is 0 Å². The van der Waals surface area contributed by atoms with Crippen molar-refractivity contribution in [1.82, 2.24) is 10.2 Å². The summed E-state index contributed by atoms with van der Waals surface area (Å²) in [6.45, 7) is 7.64. The summed E-state index contributed by atoms with van der Waals surface area (Å²) in [6, 6.07) is 0.286. The van der Waals surface area contributed by atoms with Crippen molar-refractivity contribution in [2.75, 3.05) is 40.0 Å². The van der Waals surface area contributed by atoms with Gasteiger partial charge >= 0.3 is 0 Å². The van der Waals surface area contributed by atoms with Crippen molar-refractivity contribution >= 4 is 5.91 Å². The summed E-state index contributed by atoms with van der Waals surface area (Å²) in [4.78, 5) is 14.3. The van der Waals surface area contributed by atoms with Gasteiger partial charge in [-0.1, -0.05) is 13.8 Å². The van der Waals surface area contributed by atoms with Gasteiger partial charge in [0.25, 0.3) is 0 Å². The molecule has 0 aliphatic carbocycles. The lowest BCUT2D eigenvalue weighted by Gasteiger charge is -2.31. The maximum atomic E-state index is 12.4. The van der Waals surface area contributed by atoms with Gasteiger partial charge in [-0.25, -0.2) is 0 Å². The summed E-state index contributed by atoms with van der Waals surface area (Å²) >= 11 is 0. The predicted molar refractivity (Wildman–Crippen MR) is 79.8 cm³/mol. The number of hydrogen-bond donors (Lipinski definition) is 1. The molecule has 1 rings (SSSR count). The van der Waals surface area contributed by atoms with E-state index in [-0.39, 0.29) is 24.7 Å². The molecular weight excluding hydrogens is 256 g/mol. The van der Waals surface area contributed by atoms with Gasteiger partial charge in [-0.3, -0.25) is 4.79 Å². The first-order chi connectivity index (χ1) is 9.72. The first kappa shape index (κ1) is 17.4. The van der Waals surface area contributed by atoms with Crippen LogP contribution in [0.2, 0.25) is 0 Å². The summed E-state index contributed by atoms with van der Waals surface area (Å²) in [7, 11) is 1.67. The van der Waals surface area contributed by atoms with E-state index in [9.17, 15) is 4.79 Å². The van der Waals surface area contributed by atoms with Crippen molar-refractivity contribution in [1.29, 1.82) is 0 Å². The van der Waals surface area contributed by atoms with E-state index in [0.29, 0.717) is 13.2 Å². The lowest BCUT2D eigenvalue weighted by Crippen LogP contribution is -2.44. The van der Waals surface area contributed by atoms with E-state index in [1.165, 1.54) is 0 Å². The van der Waals surface area contributed by atoms with Crippen molar-refractivity contribution < 1.29 is 14.3 Å². The normalized spacial score (nSPS) is 16.6. The zero-order chi connectivity index (χ0) is 14.8. The number of rotatable bonds is 9. The van der Waals surface area contributed by atoms with E-state index < -0.39 is 0 Å². The number of carbonyl (C=O) groups is 1. The number of ether oxygens (including phenoxy) is 2. The number of nitrogens with one attached hydrogen (secondary N) is 1. The van der Waals surface area contributed by atoms with Gasteiger partial charge in [0.2, 0.25) is 5.91 Å². The van der Waals surface area contributed by atoms with E-state index in [1.54, 1.807) is 7.11 Å². The highest BCUT2D eigenvalue weighted by molar-refractivity contribution is 5.77. The van der Waals surface area contributed by atoms with Gasteiger partial charge in [-0.2, -0.15) is 0 Å². The Hall–Kier alpha value is -0.650. The second-order valence-corrected chi connectivity index (χ2v) is 5.31. The number of carbonyl (C=O) groups excluding carboxylic acids is 1. The summed E-state index contributed by atoms with van der Waals surface area (Å²) in [5, 5.41) is 3.30. The molecule has 1 saturated heterocycles. The minimum absolute atomic E-state index is 0.0919. The first-order valence-corrected chi connectivity index (χ1v) is 7.83. The van der Waals surface area contributed by atoms with Crippen LogP contribution in [0.3, 0.4) is 0 Å². The molecule has 5 nitrogen and oxygen atoms in total. The van der Waals surface area contributed by atoms with Crippen LogP contribution in [0.15, 0.2) is 0 Å². The second kappa shape index (κ2) is 10.1. The average molecular weight is 286 g/mol. The lowest BCUT2D eigenvalue weighted by molar-refractivity contribution is -0.142. The molecule has 20 heavy (non-hydrogen) atoms. The van der Waals surface area contributed by atoms with Crippen LogP contribution in [-0.4, -0.2) is 62.9 Å². The molecule has 0 unspecified atom stereocenters. The fourth-order valence-corrected chi connectivity index (χ4v) is 2.66. The fraction of sp³-hybridized carbons (Fsp3) is 0.933. The number of hydrogen-bond acceptors (Lipinski definition) is 4. The highest BCUT2D eigenvalue weighted by atomic mass is 16.5. The van der Waals surface area contributed by atoms with Gasteiger partial charge in [-0.15, -0.1) is 0 Å². The van der Waals surface area contributed by atoms with Crippen LogP contribution in [0.1, 0.15) is 39.5 Å². The summed E-state index contributed by atoms with van der Waals surface area (Å²) in [5.74, 6) is 0.0919. The Morgan fingerprint density at radius 3 is 2.50 bits per heavy atom. The first-order valence-electron chi connectivity index (χ1n) is 7.83. The molecule has 1 fully saturated rings. The molecule has 1 amide bonds. The third-order valence-electron chi connectivity index (χ3n) is 3.97. The molecule has 0 aromatic carbocycles.